The summed E-state index contributed by atoms with van der Waals surface area (Å²) in [5.41, 5.74) is 19.2. The van der Waals surface area contributed by atoms with Crippen LogP contribution < -0.4 is 0 Å². The summed E-state index contributed by atoms with van der Waals surface area (Å²) >= 11 is 4.03. The van der Waals surface area contributed by atoms with Gasteiger partial charge in [-0.15, -0.1) is 0 Å². The number of aromatic nitrogens is 1. The maximum atomic E-state index is 4.03. The number of aromatic amines is 1. The van der Waals surface area contributed by atoms with Crippen LogP contribution in [0.2, 0.25) is 0 Å². The average molecular weight is 1170 g/mol. The van der Waals surface area contributed by atoms with E-state index in [1.54, 1.807) is 0 Å². The molecule has 1 aromatic heterocycles. The molecule has 0 unspecified atom stereocenters. The number of hydrogen-bond donors (Lipinski definition) is 1. The van der Waals surface area contributed by atoms with Crippen LogP contribution in [0.4, 0.5) is 0 Å². The van der Waals surface area contributed by atoms with Crippen molar-refractivity contribution in [1.29, 1.82) is 0 Å². The van der Waals surface area contributed by atoms with Gasteiger partial charge < -0.3 is 4.98 Å². The molecule has 0 fully saturated rings. The highest BCUT2D eigenvalue weighted by molar-refractivity contribution is 9.10. The third-order valence-electron chi connectivity index (χ3n) is 17.1. The number of fused-ring (bicyclic) bond motifs is 4. The summed E-state index contributed by atoms with van der Waals surface area (Å²) in [5.74, 6) is 0. The third-order valence-corrected chi connectivity index (χ3v) is 17.9. The Morgan fingerprint density at radius 1 is 0.289 bits per heavy atom. The summed E-state index contributed by atoms with van der Waals surface area (Å²) in [4.78, 5) is 3.54. The van der Waals surface area contributed by atoms with Gasteiger partial charge in [0.05, 0.1) is 0 Å². The Kier molecular flexibility index (Phi) is 17.1. The van der Waals surface area contributed by atoms with Crippen molar-refractivity contribution >= 4 is 59.0 Å². The highest BCUT2D eigenvalue weighted by atomic mass is 79.9. The molecule has 436 valence electrons. The van der Waals surface area contributed by atoms with Gasteiger partial charge in [-0.25, -0.2) is 0 Å². The molecule has 0 saturated carbocycles. The molecule has 0 saturated heterocycles. The second-order valence-corrected chi connectivity index (χ2v) is 33.0. The van der Waals surface area contributed by atoms with E-state index in [1.807, 2.05) is 6.20 Å². The van der Waals surface area contributed by atoms with Gasteiger partial charge in [-0.1, -0.05) is 275 Å². The van der Waals surface area contributed by atoms with Crippen molar-refractivity contribution in [3.63, 3.8) is 0 Å². The normalized spacial score (nSPS) is 13.7. The number of benzene rings is 8. The molecule has 0 amide bonds. The smallest absolute Gasteiger partial charge is 0.0466 e. The van der Waals surface area contributed by atoms with E-state index in [0.29, 0.717) is 0 Å². The topological polar surface area (TPSA) is 15.8 Å². The lowest BCUT2D eigenvalue weighted by atomic mass is 9.76. The lowest BCUT2D eigenvalue weighted by Crippen LogP contribution is -2.16. The quantitative estimate of drug-likeness (QED) is 0.170. The standard InChI is InChI=1S/C40H49N.C36H45Br.C5H6/c1-37(2,3)26-15-17-30-32(23-26)35(25-20-28(39(7,8)9)22-29(21-25)40(10,11)12)33-24-27(38(4,5)6)16-18-31(33)36(30)34-14-13-19-41-34;1-33(2,3)23-13-15-27-29(20-23)31(30-21-24(34(4,5)6)14-16-28(30)32(27)37)22-17-25(35(7,8)9)19-26(18-22)36(10,11)12;1-2-4-5-3-1/h13-24,41H,1-12H3;13-21H,1-12H3;1-4H,5H2. The SMILES string of the molecule is C1=CCC=C1.CC(C)(C)c1cc(-c2c3cc(C(C)(C)C)ccc3c(-c3ccc[nH]3)c3ccc(C(C)(C)C)cc23)cc(C(C)(C)C)c1.CC(C)(C)c1cc(-c2c3cc(C(C)(C)C)ccc3c(Br)c3ccc(C(C)(C)C)cc23)cc(C(C)(C)C)c1. The molecule has 0 radical (unpaired) electrons. The van der Waals surface area contributed by atoms with Crippen molar-refractivity contribution in [3.05, 3.63) is 201 Å². The van der Waals surface area contributed by atoms with Gasteiger partial charge in [-0.05, 0) is 212 Å². The Hall–Kier alpha value is -5.96. The van der Waals surface area contributed by atoms with E-state index >= 15 is 0 Å². The van der Waals surface area contributed by atoms with Crippen LogP contribution in [0.25, 0.3) is 76.6 Å². The summed E-state index contributed by atoms with van der Waals surface area (Å²) < 4.78 is 1.19. The van der Waals surface area contributed by atoms with Crippen LogP contribution in [0, 0.1) is 0 Å². The molecule has 10 rings (SSSR count). The van der Waals surface area contributed by atoms with E-state index in [4.69, 9.17) is 0 Å². The highest BCUT2D eigenvalue weighted by Crippen LogP contribution is 2.49. The van der Waals surface area contributed by atoms with Crippen LogP contribution >= 0.6 is 15.9 Å². The molecule has 2 heteroatoms. The van der Waals surface area contributed by atoms with E-state index < -0.39 is 0 Å². The van der Waals surface area contributed by atoms with Gasteiger partial charge in [0.25, 0.3) is 0 Å². The first-order valence-corrected chi connectivity index (χ1v) is 31.5. The van der Waals surface area contributed by atoms with Crippen LogP contribution in [0.1, 0.15) is 217 Å². The van der Waals surface area contributed by atoms with Crippen LogP contribution in [0.15, 0.2) is 156 Å². The van der Waals surface area contributed by atoms with E-state index in [-0.39, 0.29) is 43.3 Å². The molecular weight excluding hydrogens is 1070 g/mol. The zero-order valence-corrected chi connectivity index (χ0v) is 57.1. The third kappa shape index (κ3) is 13.8. The zero-order chi connectivity index (χ0) is 61.4. The first kappa shape index (κ1) is 63.1. The molecular formula is C81H100BrN. The minimum Gasteiger partial charge on any atom is -0.361 e. The van der Waals surface area contributed by atoms with Gasteiger partial charge in [0, 0.05) is 21.9 Å². The van der Waals surface area contributed by atoms with Crippen LogP contribution in [0.5, 0.6) is 0 Å². The Balaban J connectivity index is 0.000000201. The number of halogens is 1. The van der Waals surface area contributed by atoms with Crippen LogP contribution in [-0.2, 0) is 43.3 Å². The van der Waals surface area contributed by atoms with Crippen LogP contribution in [-0.4, -0.2) is 4.98 Å². The van der Waals surface area contributed by atoms with E-state index in [1.165, 1.54) is 120 Å². The monoisotopic (exact) mass is 1170 g/mol. The Morgan fingerprint density at radius 3 is 0.807 bits per heavy atom. The summed E-state index contributed by atoms with van der Waals surface area (Å²) in [7, 11) is 0. The predicted octanol–water partition coefficient (Wildman–Crippen LogP) is 25.0. The number of nitrogens with one attached hydrogen (secondary N) is 1. The fraction of sp³-hybridized carbons (Fsp3) is 0.407. The lowest BCUT2D eigenvalue weighted by molar-refractivity contribution is 0.568. The predicted molar refractivity (Wildman–Crippen MR) is 374 cm³/mol. The molecule has 9 aromatic rings. The Morgan fingerprint density at radius 2 is 0.566 bits per heavy atom. The van der Waals surface area contributed by atoms with Gasteiger partial charge >= 0.3 is 0 Å². The fourth-order valence-corrected chi connectivity index (χ4v) is 12.0. The summed E-state index contributed by atoms with van der Waals surface area (Å²) in [6.45, 7) is 55.7. The fourth-order valence-electron chi connectivity index (χ4n) is 11.3. The molecule has 83 heavy (non-hydrogen) atoms. The number of allylic oxidation sites excluding steroid dienone is 4. The molecule has 1 aliphatic rings. The summed E-state index contributed by atoms with van der Waals surface area (Å²) in [5, 5.41) is 10.4. The zero-order valence-electron chi connectivity index (χ0n) is 55.5. The highest BCUT2D eigenvalue weighted by Gasteiger charge is 2.29. The van der Waals surface area contributed by atoms with Gasteiger partial charge in [-0.2, -0.15) is 0 Å². The van der Waals surface area contributed by atoms with E-state index in [9.17, 15) is 0 Å². The van der Waals surface area contributed by atoms with Crippen molar-refractivity contribution in [3.8, 4) is 33.5 Å². The molecule has 1 aliphatic carbocycles. The second kappa shape index (κ2) is 22.5. The summed E-state index contributed by atoms with van der Waals surface area (Å²) in [6, 6.07) is 47.5. The summed E-state index contributed by atoms with van der Waals surface area (Å²) in [6.07, 6.45) is 11.5. The Labute approximate surface area is 511 Å². The van der Waals surface area contributed by atoms with Gasteiger partial charge in [0.2, 0.25) is 0 Å². The van der Waals surface area contributed by atoms with Crippen LogP contribution in [0.3, 0.4) is 0 Å². The van der Waals surface area contributed by atoms with Crippen molar-refractivity contribution in [2.24, 2.45) is 0 Å². The van der Waals surface area contributed by atoms with Crippen molar-refractivity contribution in [1.82, 2.24) is 4.98 Å². The molecule has 1 N–H and O–H groups in total. The maximum absolute atomic E-state index is 4.03. The van der Waals surface area contributed by atoms with Crippen molar-refractivity contribution in [2.45, 2.75) is 216 Å². The maximum Gasteiger partial charge on any atom is 0.0466 e. The molecule has 1 nitrogen and oxygen atoms in total. The molecule has 0 bridgehead atoms. The number of rotatable bonds is 3. The van der Waals surface area contributed by atoms with E-state index in [2.05, 4.69) is 333 Å². The van der Waals surface area contributed by atoms with Gasteiger partial charge in [0.1, 0.15) is 0 Å². The molecule has 0 aliphatic heterocycles. The van der Waals surface area contributed by atoms with Crippen molar-refractivity contribution in [2.75, 3.05) is 0 Å². The molecule has 1 heterocycles. The molecule has 8 aromatic carbocycles. The minimum atomic E-state index is 0.0406. The van der Waals surface area contributed by atoms with E-state index in [0.717, 1.165) is 12.1 Å². The minimum absolute atomic E-state index is 0.0406. The Bertz CT molecular complexity index is 3700. The first-order valence-electron chi connectivity index (χ1n) is 30.7. The molecule has 0 atom stereocenters. The largest absolute Gasteiger partial charge is 0.361 e. The number of hydrogen-bond acceptors (Lipinski definition) is 0. The molecule has 0 spiro atoms. The van der Waals surface area contributed by atoms with Gasteiger partial charge in [0.15, 0.2) is 0 Å². The van der Waals surface area contributed by atoms with Gasteiger partial charge in [-0.3, -0.25) is 0 Å². The number of H-pyrrole nitrogens is 1. The first-order chi connectivity index (χ1) is 38.1. The average Bonchev–Trinajstić information content (AvgIpc) is 3.33. The second-order valence-electron chi connectivity index (χ2n) is 32.3. The van der Waals surface area contributed by atoms with Crippen molar-refractivity contribution < 1.29 is 0 Å². The lowest BCUT2D eigenvalue weighted by Gasteiger charge is -2.28.